The summed E-state index contributed by atoms with van der Waals surface area (Å²) in [4.78, 5) is 17.1. The third kappa shape index (κ3) is 3.76. The molecule has 2 aromatic carbocycles. The Morgan fingerprint density at radius 2 is 1.97 bits per heavy atom. The summed E-state index contributed by atoms with van der Waals surface area (Å²) >= 11 is 5.64. The molecule has 2 aliphatic rings. The number of aliphatic hydroxyl groups excluding tert-OH is 2. The van der Waals surface area contributed by atoms with Crippen LogP contribution in [0.15, 0.2) is 42.5 Å². The van der Waals surface area contributed by atoms with Crippen molar-refractivity contribution in [3.63, 3.8) is 0 Å². The van der Waals surface area contributed by atoms with Crippen LogP contribution >= 0.6 is 12.2 Å². The van der Waals surface area contributed by atoms with E-state index in [1.165, 1.54) is 0 Å². The zero-order chi connectivity index (χ0) is 21.4. The first kappa shape index (κ1) is 21.0. The molecular formula is C22H28N4O3S. The number of rotatable bonds is 5. The SMILES string of the molecule is CN(C)CCNC(=O)C1CC(O)C(O)C2NC(=S)N(c3cccc4ccccc34)C12. The highest BCUT2D eigenvalue weighted by atomic mass is 32.1. The van der Waals surface area contributed by atoms with E-state index in [0.29, 0.717) is 11.7 Å². The van der Waals surface area contributed by atoms with Gasteiger partial charge in [0.25, 0.3) is 0 Å². The zero-order valence-corrected chi connectivity index (χ0v) is 18.0. The van der Waals surface area contributed by atoms with E-state index in [1.54, 1.807) is 0 Å². The second-order valence-electron chi connectivity index (χ2n) is 8.33. The molecule has 8 heteroatoms. The number of likely N-dealkylation sites (N-methyl/N-ethyl adjacent to an activating group) is 1. The predicted molar refractivity (Wildman–Crippen MR) is 121 cm³/mol. The third-order valence-corrected chi connectivity index (χ3v) is 6.38. The normalized spacial score (nSPS) is 28.5. The number of carbonyl (C=O) groups is 1. The van der Waals surface area contributed by atoms with E-state index < -0.39 is 24.2 Å². The van der Waals surface area contributed by atoms with Crippen molar-refractivity contribution in [3.8, 4) is 0 Å². The van der Waals surface area contributed by atoms with Crippen LogP contribution in [0.5, 0.6) is 0 Å². The predicted octanol–water partition coefficient (Wildman–Crippen LogP) is 0.691. The molecule has 4 rings (SSSR count). The van der Waals surface area contributed by atoms with Gasteiger partial charge in [-0.3, -0.25) is 4.79 Å². The molecule has 1 saturated carbocycles. The average molecular weight is 429 g/mol. The highest BCUT2D eigenvalue weighted by Crippen LogP contribution is 2.39. The van der Waals surface area contributed by atoms with Gasteiger partial charge in [-0.1, -0.05) is 36.4 Å². The lowest BCUT2D eigenvalue weighted by molar-refractivity contribution is -0.131. The van der Waals surface area contributed by atoms with Crippen LogP contribution in [-0.2, 0) is 4.79 Å². The smallest absolute Gasteiger partial charge is 0.225 e. The lowest BCUT2D eigenvalue weighted by Gasteiger charge is -2.41. The molecule has 2 aromatic rings. The molecule has 1 aliphatic heterocycles. The van der Waals surface area contributed by atoms with Gasteiger partial charge in [0.1, 0.15) is 6.10 Å². The van der Waals surface area contributed by atoms with Gasteiger partial charge in [0, 0.05) is 18.5 Å². The number of thiocarbonyl (C=S) groups is 1. The van der Waals surface area contributed by atoms with E-state index in [1.807, 2.05) is 66.4 Å². The van der Waals surface area contributed by atoms with Crippen LogP contribution in [0, 0.1) is 5.92 Å². The van der Waals surface area contributed by atoms with E-state index in [0.717, 1.165) is 23.0 Å². The van der Waals surface area contributed by atoms with Crippen molar-refractivity contribution in [2.45, 2.75) is 30.7 Å². The maximum absolute atomic E-state index is 13.1. The van der Waals surface area contributed by atoms with Crippen molar-refractivity contribution in [3.05, 3.63) is 42.5 Å². The Morgan fingerprint density at radius 1 is 1.23 bits per heavy atom. The van der Waals surface area contributed by atoms with E-state index in [-0.39, 0.29) is 18.4 Å². The summed E-state index contributed by atoms with van der Waals surface area (Å²) in [6.45, 7) is 1.24. The number of carbonyl (C=O) groups excluding carboxylic acids is 1. The van der Waals surface area contributed by atoms with Gasteiger partial charge < -0.3 is 30.6 Å². The molecule has 30 heavy (non-hydrogen) atoms. The Kier molecular flexibility index (Phi) is 5.92. The number of nitrogens with one attached hydrogen (secondary N) is 2. The first-order valence-corrected chi connectivity index (χ1v) is 10.7. The summed E-state index contributed by atoms with van der Waals surface area (Å²) in [6, 6.07) is 13.1. The van der Waals surface area contributed by atoms with E-state index in [2.05, 4.69) is 10.6 Å². The molecule has 2 fully saturated rings. The molecule has 160 valence electrons. The number of hydrogen-bond acceptors (Lipinski definition) is 5. The Bertz CT molecular complexity index is 948. The number of amides is 1. The van der Waals surface area contributed by atoms with Crippen LogP contribution in [-0.4, -0.2) is 77.6 Å². The van der Waals surface area contributed by atoms with Crippen molar-refractivity contribution in [2.75, 3.05) is 32.1 Å². The number of aliphatic hydroxyl groups is 2. The number of anilines is 1. The molecule has 0 radical (unpaired) electrons. The first-order valence-electron chi connectivity index (χ1n) is 10.2. The fourth-order valence-corrected chi connectivity index (χ4v) is 4.93. The summed E-state index contributed by atoms with van der Waals surface area (Å²) in [7, 11) is 3.90. The van der Waals surface area contributed by atoms with Gasteiger partial charge >= 0.3 is 0 Å². The summed E-state index contributed by atoms with van der Waals surface area (Å²) in [5.41, 5.74) is 0.896. The largest absolute Gasteiger partial charge is 0.390 e. The molecule has 5 atom stereocenters. The molecular weight excluding hydrogens is 400 g/mol. The quantitative estimate of drug-likeness (QED) is 0.521. The second kappa shape index (κ2) is 8.47. The zero-order valence-electron chi connectivity index (χ0n) is 17.2. The standard InChI is InChI=1S/C22H28N4O3S/c1-25(2)11-10-23-21(29)15-12-17(27)20(28)18-19(15)26(22(30)24-18)16-9-5-7-13-6-3-4-8-14(13)16/h3-9,15,17-20,27-28H,10-12H2,1-2H3,(H,23,29)(H,24,30). The molecule has 1 saturated heterocycles. The van der Waals surface area contributed by atoms with E-state index in [9.17, 15) is 15.0 Å². The van der Waals surface area contributed by atoms with Crippen molar-refractivity contribution < 1.29 is 15.0 Å². The molecule has 0 aromatic heterocycles. The minimum atomic E-state index is -1.00. The minimum Gasteiger partial charge on any atom is -0.390 e. The van der Waals surface area contributed by atoms with Gasteiger partial charge in [-0.25, -0.2) is 0 Å². The van der Waals surface area contributed by atoms with E-state index >= 15 is 0 Å². The van der Waals surface area contributed by atoms with E-state index in [4.69, 9.17) is 12.2 Å². The highest BCUT2D eigenvalue weighted by Gasteiger charge is 2.54. The molecule has 4 N–H and O–H groups in total. The summed E-state index contributed by atoms with van der Waals surface area (Å²) in [5, 5.41) is 29.8. The summed E-state index contributed by atoms with van der Waals surface area (Å²) < 4.78 is 0. The van der Waals surface area contributed by atoms with Crippen molar-refractivity contribution in [1.82, 2.24) is 15.5 Å². The molecule has 5 unspecified atom stereocenters. The van der Waals surface area contributed by atoms with Crippen LogP contribution in [0.25, 0.3) is 10.8 Å². The minimum absolute atomic E-state index is 0.130. The first-order chi connectivity index (χ1) is 14.4. The average Bonchev–Trinajstić information content (AvgIpc) is 3.07. The number of fused-ring (bicyclic) bond motifs is 2. The molecule has 7 nitrogen and oxygen atoms in total. The second-order valence-corrected chi connectivity index (χ2v) is 8.72. The monoisotopic (exact) mass is 428 g/mol. The fraction of sp³-hybridized carbons (Fsp3) is 0.455. The fourth-order valence-electron chi connectivity index (χ4n) is 4.57. The van der Waals surface area contributed by atoms with Gasteiger partial charge in [-0.05, 0) is 44.2 Å². The molecule has 0 spiro atoms. The topological polar surface area (TPSA) is 88.1 Å². The van der Waals surface area contributed by atoms with Crippen LogP contribution in [0.3, 0.4) is 0 Å². The van der Waals surface area contributed by atoms with Crippen molar-refractivity contribution in [2.24, 2.45) is 5.92 Å². The Morgan fingerprint density at radius 3 is 2.73 bits per heavy atom. The lowest BCUT2D eigenvalue weighted by Crippen LogP contribution is -2.61. The Hall–Kier alpha value is -2.26. The van der Waals surface area contributed by atoms with Crippen LogP contribution in [0.4, 0.5) is 5.69 Å². The maximum Gasteiger partial charge on any atom is 0.225 e. The number of benzene rings is 2. The molecule has 1 amide bonds. The van der Waals surface area contributed by atoms with Gasteiger partial charge in [-0.15, -0.1) is 0 Å². The van der Waals surface area contributed by atoms with Crippen LogP contribution in [0.1, 0.15) is 6.42 Å². The van der Waals surface area contributed by atoms with Gasteiger partial charge in [0.2, 0.25) is 5.91 Å². The van der Waals surface area contributed by atoms with Gasteiger partial charge in [0.05, 0.1) is 29.8 Å². The summed E-state index contributed by atoms with van der Waals surface area (Å²) in [6.07, 6.45) is -1.81. The maximum atomic E-state index is 13.1. The Labute approximate surface area is 181 Å². The lowest BCUT2D eigenvalue weighted by atomic mass is 9.77. The number of hydrogen-bond donors (Lipinski definition) is 4. The summed E-state index contributed by atoms with van der Waals surface area (Å²) in [5.74, 6) is -0.642. The number of nitrogens with zero attached hydrogens (tertiary/aromatic N) is 2. The van der Waals surface area contributed by atoms with Crippen molar-refractivity contribution in [1.29, 1.82) is 0 Å². The highest BCUT2D eigenvalue weighted by molar-refractivity contribution is 7.80. The molecule has 0 bridgehead atoms. The van der Waals surface area contributed by atoms with Crippen LogP contribution < -0.4 is 15.5 Å². The van der Waals surface area contributed by atoms with Gasteiger partial charge in [0.15, 0.2) is 5.11 Å². The van der Waals surface area contributed by atoms with Crippen molar-refractivity contribution >= 4 is 39.7 Å². The molecule has 1 aliphatic carbocycles. The third-order valence-electron chi connectivity index (χ3n) is 6.07. The molecule has 1 heterocycles. The van der Waals surface area contributed by atoms with Gasteiger partial charge in [-0.2, -0.15) is 0 Å². The Balaban J connectivity index is 1.70. The van der Waals surface area contributed by atoms with Crippen LogP contribution in [0.2, 0.25) is 0 Å².